The number of rotatable bonds is 7. The number of hydrogen-bond donors (Lipinski definition) is 1. The highest BCUT2D eigenvalue weighted by Crippen LogP contribution is 2.46. The van der Waals surface area contributed by atoms with E-state index in [1.54, 1.807) is 0 Å². The Morgan fingerprint density at radius 3 is 2.76 bits per heavy atom. The molecule has 0 aliphatic heterocycles. The molecule has 1 N–H and O–H groups in total. The largest absolute Gasteiger partial charge is 0.351 e. The highest BCUT2D eigenvalue weighted by atomic mass is 35.5. The number of halogens is 1. The molecule has 0 radical (unpaired) electrons. The highest BCUT2D eigenvalue weighted by molar-refractivity contribution is 8.00. The van der Waals surface area contributed by atoms with Gasteiger partial charge in [-0.2, -0.15) is 0 Å². The number of nitrogens with zero attached hydrogens (tertiary/aromatic N) is 3. The number of thioether (sulfide) groups is 1. The van der Waals surface area contributed by atoms with Gasteiger partial charge in [-0.25, -0.2) is 0 Å². The molecule has 2 aromatic rings. The summed E-state index contributed by atoms with van der Waals surface area (Å²) in [6, 6.07) is 8.09. The van der Waals surface area contributed by atoms with Crippen LogP contribution in [0.2, 0.25) is 5.02 Å². The molecule has 1 heterocycles. The number of carbonyl (C=O) groups is 1. The summed E-state index contributed by atoms with van der Waals surface area (Å²) in [5.74, 6) is 1.68. The average Bonchev–Trinajstić information content (AvgIpc) is 3.53. The van der Waals surface area contributed by atoms with Gasteiger partial charge in [-0.1, -0.05) is 41.6 Å². The van der Waals surface area contributed by atoms with Crippen LogP contribution in [-0.2, 0) is 11.3 Å². The number of aromatic nitrogens is 3. The Morgan fingerprint density at radius 1 is 1.32 bits per heavy atom. The first kappa shape index (κ1) is 16.9. The van der Waals surface area contributed by atoms with Gasteiger partial charge in [0.05, 0.1) is 5.25 Å². The topological polar surface area (TPSA) is 59.8 Å². The van der Waals surface area contributed by atoms with Gasteiger partial charge >= 0.3 is 0 Å². The number of hydrogen-bond acceptors (Lipinski definition) is 4. The maximum absolute atomic E-state index is 12.4. The van der Waals surface area contributed by atoms with Crippen LogP contribution >= 0.6 is 23.4 Å². The molecule has 25 heavy (non-hydrogen) atoms. The Morgan fingerprint density at radius 2 is 2.08 bits per heavy atom. The second kappa shape index (κ2) is 7.00. The van der Waals surface area contributed by atoms with Gasteiger partial charge in [-0.3, -0.25) is 4.79 Å². The number of carbonyl (C=O) groups excluding carboxylic acids is 1. The Labute approximate surface area is 156 Å². The van der Waals surface area contributed by atoms with Crippen LogP contribution in [0.4, 0.5) is 0 Å². The molecule has 1 aromatic heterocycles. The summed E-state index contributed by atoms with van der Waals surface area (Å²) in [7, 11) is 0. The van der Waals surface area contributed by atoms with E-state index in [4.69, 9.17) is 11.6 Å². The summed E-state index contributed by atoms with van der Waals surface area (Å²) in [4.78, 5) is 12.4. The van der Waals surface area contributed by atoms with E-state index in [0.717, 1.165) is 16.5 Å². The van der Waals surface area contributed by atoms with Gasteiger partial charge in [0.15, 0.2) is 5.16 Å². The minimum Gasteiger partial charge on any atom is -0.351 e. The maximum Gasteiger partial charge on any atom is 0.233 e. The summed E-state index contributed by atoms with van der Waals surface area (Å²) >= 11 is 7.64. The van der Waals surface area contributed by atoms with E-state index >= 15 is 0 Å². The van der Waals surface area contributed by atoms with Crippen molar-refractivity contribution in [3.63, 3.8) is 0 Å². The Hall–Kier alpha value is -1.53. The first-order valence-electron chi connectivity index (χ1n) is 8.76. The summed E-state index contributed by atoms with van der Waals surface area (Å²) < 4.78 is 2.28. The van der Waals surface area contributed by atoms with Gasteiger partial charge in [-0.05, 0) is 44.2 Å². The van der Waals surface area contributed by atoms with Gasteiger partial charge in [-0.15, -0.1) is 10.2 Å². The van der Waals surface area contributed by atoms with E-state index in [2.05, 4.69) is 20.1 Å². The lowest BCUT2D eigenvalue weighted by Gasteiger charge is -2.13. The fourth-order valence-electron chi connectivity index (χ4n) is 2.84. The second-order valence-corrected chi connectivity index (χ2v) is 8.50. The minimum atomic E-state index is -0.226. The molecule has 0 spiro atoms. The van der Waals surface area contributed by atoms with Crippen molar-refractivity contribution in [2.45, 2.75) is 61.5 Å². The van der Waals surface area contributed by atoms with Crippen LogP contribution in [0.3, 0.4) is 0 Å². The monoisotopic (exact) mass is 376 g/mol. The van der Waals surface area contributed by atoms with E-state index in [1.807, 2.05) is 31.2 Å². The second-order valence-electron chi connectivity index (χ2n) is 6.79. The zero-order chi connectivity index (χ0) is 17.4. The van der Waals surface area contributed by atoms with E-state index < -0.39 is 0 Å². The fraction of sp³-hybridized carbons (Fsp3) is 0.500. The lowest BCUT2D eigenvalue weighted by molar-refractivity contribution is -0.120. The quantitative estimate of drug-likeness (QED) is 0.743. The Balaban J connectivity index is 1.39. The molecule has 1 amide bonds. The third-order valence-corrected chi connectivity index (χ3v) is 6.03. The zero-order valence-corrected chi connectivity index (χ0v) is 15.7. The molecule has 132 valence electrons. The van der Waals surface area contributed by atoms with Gasteiger partial charge in [0.2, 0.25) is 5.91 Å². The molecule has 5 nitrogen and oxygen atoms in total. The average molecular weight is 377 g/mol. The molecule has 0 saturated heterocycles. The first-order valence-corrected chi connectivity index (χ1v) is 10.0. The molecular formula is C18H21ClN4OS. The lowest BCUT2D eigenvalue weighted by Crippen LogP contribution is -2.30. The summed E-state index contributed by atoms with van der Waals surface area (Å²) in [6.45, 7) is 2.35. The number of benzene rings is 1. The van der Waals surface area contributed by atoms with Gasteiger partial charge in [0.1, 0.15) is 5.82 Å². The van der Waals surface area contributed by atoms with Crippen LogP contribution in [0.5, 0.6) is 0 Å². The van der Waals surface area contributed by atoms with Gasteiger partial charge < -0.3 is 9.88 Å². The number of nitrogens with one attached hydrogen (secondary N) is 1. The lowest BCUT2D eigenvalue weighted by atomic mass is 10.2. The van der Waals surface area contributed by atoms with Crippen molar-refractivity contribution in [2.75, 3.05) is 0 Å². The molecule has 0 unspecified atom stereocenters. The normalized spacial score (nSPS) is 18.2. The fourth-order valence-corrected chi connectivity index (χ4v) is 4.00. The van der Waals surface area contributed by atoms with Crippen LogP contribution in [0.1, 0.15) is 56.0 Å². The molecule has 2 saturated carbocycles. The van der Waals surface area contributed by atoms with Crippen LogP contribution < -0.4 is 5.32 Å². The molecule has 1 atom stereocenters. The summed E-state index contributed by atoms with van der Waals surface area (Å²) in [6.07, 6.45) is 4.81. The standard InChI is InChI=1S/C18H21ClN4OS/c1-11(17(24)20-10-13-4-2-3-5-15(13)19)25-18-22-21-16(12-6-7-12)23(18)14-8-9-14/h2-5,11-12,14H,6-10H2,1H3,(H,20,24)/t11-/m1/s1. The van der Waals surface area contributed by atoms with Crippen molar-refractivity contribution in [2.24, 2.45) is 0 Å². The van der Waals surface area contributed by atoms with Crippen molar-refractivity contribution in [3.05, 3.63) is 40.7 Å². The molecule has 2 aliphatic rings. The van der Waals surface area contributed by atoms with Crippen molar-refractivity contribution in [1.29, 1.82) is 0 Å². The Kier molecular flexibility index (Phi) is 4.73. The molecule has 1 aromatic carbocycles. The predicted molar refractivity (Wildman–Crippen MR) is 98.9 cm³/mol. The smallest absolute Gasteiger partial charge is 0.233 e. The van der Waals surface area contributed by atoms with Crippen molar-refractivity contribution in [3.8, 4) is 0 Å². The highest BCUT2D eigenvalue weighted by Gasteiger charge is 2.37. The number of amides is 1. The van der Waals surface area contributed by atoms with E-state index in [9.17, 15) is 4.79 Å². The van der Waals surface area contributed by atoms with Crippen LogP contribution in [-0.4, -0.2) is 25.9 Å². The van der Waals surface area contributed by atoms with Crippen molar-refractivity contribution >= 4 is 29.3 Å². The minimum absolute atomic E-state index is 0.0109. The van der Waals surface area contributed by atoms with Crippen LogP contribution in [0, 0.1) is 0 Å². The Bertz CT molecular complexity index is 785. The molecule has 4 rings (SSSR count). The maximum atomic E-state index is 12.4. The third-order valence-electron chi connectivity index (χ3n) is 4.61. The van der Waals surface area contributed by atoms with E-state index in [-0.39, 0.29) is 11.2 Å². The van der Waals surface area contributed by atoms with Crippen molar-refractivity contribution < 1.29 is 4.79 Å². The predicted octanol–water partition coefficient (Wildman–Crippen LogP) is 3.94. The van der Waals surface area contributed by atoms with E-state index in [1.165, 1.54) is 37.4 Å². The van der Waals surface area contributed by atoms with Gasteiger partial charge in [0.25, 0.3) is 0 Å². The molecule has 2 aliphatic carbocycles. The molecular weight excluding hydrogens is 356 g/mol. The zero-order valence-electron chi connectivity index (χ0n) is 14.1. The SMILES string of the molecule is C[C@@H](Sc1nnc(C2CC2)n1C1CC1)C(=O)NCc1ccccc1Cl. The van der Waals surface area contributed by atoms with Crippen molar-refractivity contribution in [1.82, 2.24) is 20.1 Å². The third kappa shape index (κ3) is 3.85. The molecule has 2 fully saturated rings. The molecule has 7 heteroatoms. The van der Waals surface area contributed by atoms with Crippen LogP contribution in [0.15, 0.2) is 29.4 Å². The summed E-state index contributed by atoms with van der Waals surface area (Å²) in [5.41, 5.74) is 0.923. The van der Waals surface area contributed by atoms with Gasteiger partial charge in [0, 0.05) is 23.5 Å². The molecule has 0 bridgehead atoms. The van der Waals surface area contributed by atoms with E-state index in [0.29, 0.717) is 23.5 Å². The first-order chi connectivity index (χ1) is 12.1. The van der Waals surface area contributed by atoms with Crippen LogP contribution in [0.25, 0.3) is 0 Å². The summed E-state index contributed by atoms with van der Waals surface area (Å²) in [5, 5.41) is 13.1.